The highest BCUT2D eigenvalue weighted by Gasteiger charge is 2.36. The summed E-state index contributed by atoms with van der Waals surface area (Å²) in [6.45, 7) is 0.0638. The van der Waals surface area contributed by atoms with E-state index in [9.17, 15) is 19.5 Å². The zero-order chi connectivity index (χ0) is 16.6. The predicted octanol–water partition coefficient (Wildman–Crippen LogP) is 1.61. The standard InChI is InChI=1S/C17H14N2O4/c18-15(20)10-4-3-5-11(8-10)16(21)19-9-13(17(22)23)12-6-1-2-7-14(12)19/h1-8,13H,9H2,(H2,18,20)(H,22,23). The molecule has 1 aliphatic rings. The fraction of sp³-hybridized carbons (Fsp3) is 0.118. The number of nitrogens with zero attached hydrogens (tertiary/aromatic N) is 1. The van der Waals surface area contributed by atoms with Gasteiger partial charge in [-0.15, -0.1) is 0 Å². The highest BCUT2D eigenvalue weighted by molar-refractivity contribution is 6.09. The lowest BCUT2D eigenvalue weighted by atomic mass is 10.0. The van der Waals surface area contributed by atoms with E-state index in [1.165, 1.54) is 17.0 Å². The topological polar surface area (TPSA) is 101 Å². The van der Waals surface area contributed by atoms with Gasteiger partial charge in [-0.3, -0.25) is 14.4 Å². The summed E-state index contributed by atoms with van der Waals surface area (Å²) in [4.78, 5) is 36.8. The molecule has 2 aromatic rings. The quantitative estimate of drug-likeness (QED) is 0.899. The molecule has 0 aliphatic carbocycles. The molecule has 2 aromatic carbocycles. The second kappa shape index (κ2) is 5.57. The van der Waals surface area contributed by atoms with E-state index in [1.54, 1.807) is 36.4 Å². The van der Waals surface area contributed by atoms with Crippen molar-refractivity contribution < 1.29 is 19.5 Å². The molecular weight excluding hydrogens is 296 g/mol. The third-order valence-electron chi connectivity index (χ3n) is 3.91. The summed E-state index contributed by atoms with van der Waals surface area (Å²) in [6.07, 6.45) is 0. The molecule has 3 N–H and O–H groups in total. The van der Waals surface area contributed by atoms with Gasteiger partial charge < -0.3 is 15.7 Å². The number of hydrogen-bond donors (Lipinski definition) is 2. The third-order valence-corrected chi connectivity index (χ3v) is 3.91. The number of rotatable bonds is 3. The van der Waals surface area contributed by atoms with Crippen molar-refractivity contribution in [1.82, 2.24) is 0 Å². The van der Waals surface area contributed by atoms with Crippen molar-refractivity contribution in [1.29, 1.82) is 0 Å². The average Bonchev–Trinajstić information content (AvgIpc) is 2.94. The SMILES string of the molecule is NC(=O)c1cccc(C(=O)N2CC(C(=O)O)c3ccccc32)c1. The number of carbonyl (C=O) groups excluding carboxylic acids is 2. The minimum atomic E-state index is -0.973. The minimum absolute atomic E-state index is 0.0638. The van der Waals surface area contributed by atoms with E-state index in [-0.39, 0.29) is 18.0 Å². The molecule has 1 atom stereocenters. The maximum Gasteiger partial charge on any atom is 0.312 e. The highest BCUT2D eigenvalue weighted by atomic mass is 16.4. The van der Waals surface area contributed by atoms with Crippen LogP contribution in [0.2, 0.25) is 0 Å². The van der Waals surface area contributed by atoms with Gasteiger partial charge in [-0.25, -0.2) is 0 Å². The number of fused-ring (bicyclic) bond motifs is 1. The van der Waals surface area contributed by atoms with Crippen LogP contribution in [0.5, 0.6) is 0 Å². The van der Waals surface area contributed by atoms with Crippen LogP contribution in [0.25, 0.3) is 0 Å². The van der Waals surface area contributed by atoms with E-state index >= 15 is 0 Å². The molecule has 1 unspecified atom stereocenters. The summed E-state index contributed by atoms with van der Waals surface area (Å²) in [5.74, 6) is -2.71. The van der Waals surface area contributed by atoms with Gasteiger partial charge in [0.1, 0.15) is 5.92 Å². The van der Waals surface area contributed by atoms with E-state index < -0.39 is 17.8 Å². The fourth-order valence-electron chi connectivity index (χ4n) is 2.77. The first-order chi connectivity index (χ1) is 11.0. The number of para-hydroxylation sites is 1. The number of primary amides is 1. The predicted molar refractivity (Wildman–Crippen MR) is 83.5 cm³/mol. The van der Waals surface area contributed by atoms with E-state index in [4.69, 9.17) is 5.73 Å². The number of aliphatic carboxylic acids is 1. The Morgan fingerprint density at radius 3 is 2.43 bits per heavy atom. The van der Waals surface area contributed by atoms with E-state index in [1.807, 2.05) is 0 Å². The van der Waals surface area contributed by atoms with Crippen molar-refractivity contribution >= 4 is 23.5 Å². The molecule has 1 heterocycles. The Hall–Kier alpha value is -3.15. The normalized spacial score (nSPS) is 16.0. The number of nitrogens with two attached hydrogens (primary N) is 1. The van der Waals surface area contributed by atoms with Crippen molar-refractivity contribution in [3.63, 3.8) is 0 Å². The molecule has 6 nitrogen and oxygen atoms in total. The van der Waals surface area contributed by atoms with Crippen molar-refractivity contribution in [2.24, 2.45) is 5.73 Å². The molecule has 0 bridgehead atoms. The molecule has 0 fully saturated rings. The largest absolute Gasteiger partial charge is 0.481 e. The Bertz CT molecular complexity index is 816. The molecule has 0 saturated carbocycles. The number of benzene rings is 2. The summed E-state index contributed by atoms with van der Waals surface area (Å²) in [7, 11) is 0. The first-order valence-electron chi connectivity index (χ1n) is 7.02. The molecule has 6 heteroatoms. The van der Waals surface area contributed by atoms with Crippen LogP contribution < -0.4 is 10.6 Å². The van der Waals surface area contributed by atoms with Crippen LogP contribution in [0.3, 0.4) is 0 Å². The van der Waals surface area contributed by atoms with Crippen LogP contribution >= 0.6 is 0 Å². The average molecular weight is 310 g/mol. The molecular formula is C17H14N2O4. The number of carbonyl (C=O) groups is 3. The summed E-state index contributed by atoms with van der Waals surface area (Å²) in [6, 6.07) is 13.0. The molecule has 116 valence electrons. The van der Waals surface area contributed by atoms with Crippen LogP contribution in [-0.4, -0.2) is 29.4 Å². The van der Waals surface area contributed by atoms with Gasteiger partial charge in [-0.2, -0.15) is 0 Å². The number of hydrogen-bond acceptors (Lipinski definition) is 3. The zero-order valence-corrected chi connectivity index (χ0v) is 12.1. The Kier molecular flexibility index (Phi) is 3.57. The maximum atomic E-state index is 12.7. The van der Waals surface area contributed by atoms with Crippen LogP contribution in [0.15, 0.2) is 48.5 Å². The molecule has 23 heavy (non-hydrogen) atoms. The van der Waals surface area contributed by atoms with Gasteiger partial charge in [0.25, 0.3) is 5.91 Å². The zero-order valence-electron chi connectivity index (χ0n) is 12.1. The van der Waals surface area contributed by atoms with Gasteiger partial charge >= 0.3 is 5.97 Å². The van der Waals surface area contributed by atoms with Crippen molar-refractivity contribution in [2.75, 3.05) is 11.4 Å². The Labute approximate surface area is 132 Å². The lowest BCUT2D eigenvalue weighted by molar-refractivity contribution is -0.138. The number of carboxylic acids is 1. The fourth-order valence-corrected chi connectivity index (χ4v) is 2.77. The number of carboxylic acid groups (broad SMARTS) is 1. The lowest BCUT2D eigenvalue weighted by Gasteiger charge is -2.17. The van der Waals surface area contributed by atoms with Crippen molar-refractivity contribution in [2.45, 2.75) is 5.92 Å². The second-order valence-electron chi connectivity index (χ2n) is 5.31. The molecule has 0 saturated heterocycles. The van der Waals surface area contributed by atoms with Gasteiger partial charge in [-0.1, -0.05) is 24.3 Å². The summed E-state index contributed by atoms with van der Waals surface area (Å²) >= 11 is 0. The smallest absolute Gasteiger partial charge is 0.312 e. The molecule has 3 rings (SSSR count). The van der Waals surface area contributed by atoms with Crippen LogP contribution in [0.1, 0.15) is 32.2 Å². The first kappa shape index (κ1) is 14.8. The first-order valence-corrected chi connectivity index (χ1v) is 7.02. The monoisotopic (exact) mass is 310 g/mol. The van der Waals surface area contributed by atoms with Crippen LogP contribution in [-0.2, 0) is 4.79 Å². The van der Waals surface area contributed by atoms with Gasteiger partial charge in [0.15, 0.2) is 0 Å². The Morgan fingerprint density at radius 1 is 1.04 bits per heavy atom. The van der Waals surface area contributed by atoms with Crippen LogP contribution in [0, 0.1) is 0 Å². The van der Waals surface area contributed by atoms with Gasteiger partial charge in [0, 0.05) is 23.4 Å². The van der Waals surface area contributed by atoms with Crippen molar-refractivity contribution in [3.8, 4) is 0 Å². The third kappa shape index (κ3) is 2.55. The summed E-state index contributed by atoms with van der Waals surface area (Å²) in [5, 5.41) is 9.35. The maximum absolute atomic E-state index is 12.7. The van der Waals surface area contributed by atoms with E-state index in [0.717, 1.165) is 0 Å². The van der Waals surface area contributed by atoms with Gasteiger partial charge in [0.2, 0.25) is 5.91 Å². The Morgan fingerprint density at radius 2 is 1.74 bits per heavy atom. The number of anilines is 1. The lowest BCUT2D eigenvalue weighted by Crippen LogP contribution is -2.31. The second-order valence-corrected chi connectivity index (χ2v) is 5.31. The highest BCUT2D eigenvalue weighted by Crippen LogP contribution is 2.37. The minimum Gasteiger partial charge on any atom is -0.481 e. The Balaban J connectivity index is 1.99. The number of amides is 2. The summed E-state index contributed by atoms with van der Waals surface area (Å²) in [5.41, 5.74) is 6.95. The molecule has 0 radical (unpaired) electrons. The van der Waals surface area contributed by atoms with Gasteiger partial charge in [-0.05, 0) is 29.8 Å². The van der Waals surface area contributed by atoms with Crippen LogP contribution in [0.4, 0.5) is 5.69 Å². The van der Waals surface area contributed by atoms with Crippen molar-refractivity contribution in [3.05, 3.63) is 65.2 Å². The molecule has 2 amide bonds. The van der Waals surface area contributed by atoms with E-state index in [2.05, 4.69) is 0 Å². The molecule has 1 aliphatic heterocycles. The van der Waals surface area contributed by atoms with Gasteiger partial charge in [0.05, 0.1) is 0 Å². The molecule has 0 aromatic heterocycles. The summed E-state index contributed by atoms with van der Waals surface area (Å²) < 4.78 is 0. The van der Waals surface area contributed by atoms with E-state index in [0.29, 0.717) is 16.8 Å². The molecule has 0 spiro atoms.